The molecular formula is C36H63AlO15. The molecule has 0 atom stereocenters. The summed E-state index contributed by atoms with van der Waals surface area (Å²) in [5, 5.41) is 0. The fraction of sp³-hybridized carbons (Fsp3) is 0.833. The summed E-state index contributed by atoms with van der Waals surface area (Å²) in [6, 6.07) is 0. The van der Waals surface area contributed by atoms with E-state index < -0.39 is 124 Å². The van der Waals surface area contributed by atoms with Gasteiger partial charge >= 0.3 is 15.1 Å². The molecule has 0 aliphatic carbocycles. The Hall–Kier alpha value is -2.29. The Morgan fingerprint density at radius 1 is 0.385 bits per heavy atom. The highest BCUT2D eigenvalue weighted by Crippen LogP contribution is 2.28. The summed E-state index contributed by atoms with van der Waals surface area (Å²) in [5.41, 5.74) is 0. The highest BCUT2D eigenvalue weighted by Gasteiger charge is 2.53. The van der Waals surface area contributed by atoms with E-state index in [1.54, 1.807) is 104 Å². The molecule has 0 heterocycles. The van der Waals surface area contributed by atoms with Gasteiger partial charge in [0.1, 0.15) is 19.3 Å². The van der Waals surface area contributed by atoms with Gasteiger partial charge in [-0.25, -0.2) is 0 Å². The van der Waals surface area contributed by atoms with E-state index in [9.17, 15) is 28.8 Å². The molecule has 0 rings (SSSR count). The van der Waals surface area contributed by atoms with Crippen molar-refractivity contribution in [2.75, 3.05) is 0 Å². The van der Waals surface area contributed by atoms with Crippen molar-refractivity contribution in [2.24, 2.45) is 0 Å². The normalized spacial score (nSPS) is 12.6. The molecule has 52 heavy (non-hydrogen) atoms. The summed E-state index contributed by atoms with van der Waals surface area (Å²) < 4.78 is 50.8. The third-order valence-corrected chi connectivity index (χ3v) is 8.19. The topological polar surface area (TPSA) is 185 Å². The van der Waals surface area contributed by atoms with Gasteiger partial charge in [-0.2, -0.15) is 0 Å². The summed E-state index contributed by atoms with van der Waals surface area (Å²) in [6.07, 6.45) is -5.30. The lowest BCUT2D eigenvalue weighted by Crippen LogP contribution is -2.49. The number of hydrogen-bond donors (Lipinski definition) is 0. The summed E-state index contributed by atoms with van der Waals surface area (Å²) in [6.45, 7) is 25.3. The van der Waals surface area contributed by atoms with Crippen molar-refractivity contribution in [3.05, 3.63) is 0 Å². The Labute approximate surface area is 314 Å². The van der Waals surface area contributed by atoms with Crippen LogP contribution in [0, 0.1) is 0 Å². The molecule has 0 unspecified atom stereocenters. The lowest BCUT2D eigenvalue weighted by Gasteiger charge is -2.35. The second-order valence-electron chi connectivity index (χ2n) is 13.9. The second kappa shape index (κ2) is 22.8. The van der Waals surface area contributed by atoms with E-state index in [2.05, 4.69) is 0 Å². The van der Waals surface area contributed by atoms with Crippen LogP contribution in [-0.2, 0) is 68.6 Å². The minimum absolute atomic E-state index is 0.0523. The molecule has 0 aromatic heterocycles. The van der Waals surface area contributed by atoms with Crippen LogP contribution in [0.3, 0.4) is 0 Å². The average Bonchev–Trinajstić information content (AvgIpc) is 2.97. The predicted octanol–water partition coefficient (Wildman–Crippen LogP) is 5.35. The molecule has 0 saturated heterocycles. The lowest BCUT2D eigenvalue weighted by atomic mass is 10.0. The monoisotopic (exact) mass is 762 g/mol. The Balaban J connectivity index is 6.48. The quantitative estimate of drug-likeness (QED) is 0.0592. The predicted molar refractivity (Wildman–Crippen MR) is 189 cm³/mol. The summed E-state index contributed by atoms with van der Waals surface area (Å²) >= 11 is -4.19. The van der Waals surface area contributed by atoms with Gasteiger partial charge in [-0.1, -0.05) is 20.8 Å². The number of carbonyl (C=O) groups is 6. The molecule has 0 radical (unpaired) electrons. The van der Waals surface area contributed by atoms with Crippen molar-refractivity contribution in [1.29, 1.82) is 0 Å². The zero-order valence-electron chi connectivity index (χ0n) is 33.9. The molecule has 0 fully saturated rings. The van der Waals surface area contributed by atoms with Crippen molar-refractivity contribution in [3.8, 4) is 0 Å². The first-order valence-corrected chi connectivity index (χ1v) is 19.6. The molecule has 300 valence electrons. The van der Waals surface area contributed by atoms with Gasteiger partial charge in [-0.05, 0) is 83.1 Å². The minimum atomic E-state index is -4.19. The maximum atomic E-state index is 13.4. The smallest absolute Gasteiger partial charge is 0.550 e. The van der Waals surface area contributed by atoms with Gasteiger partial charge in [0, 0.05) is 19.3 Å². The number of ether oxygens (including phenoxy) is 6. The van der Waals surface area contributed by atoms with Crippen molar-refractivity contribution < 1.29 is 68.6 Å². The van der Waals surface area contributed by atoms with E-state index in [1.165, 1.54) is 0 Å². The number of carbonyl (C=O) groups excluding carboxylic acids is 6. The third-order valence-electron chi connectivity index (χ3n) is 6.83. The van der Waals surface area contributed by atoms with E-state index in [4.69, 9.17) is 39.8 Å². The fourth-order valence-corrected chi connectivity index (χ4v) is 6.21. The highest BCUT2D eigenvalue weighted by molar-refractivity contribution is 6.44. The van der Waals surface area contributed by atoms with Gasteiger partial charge in [-0.15, -0.1) is 0 Å². The molecule has 0 amide bonds. The van der Waals surface area contributed by atoms with Crippen LogP contribution < -0.4 is 0 Å². The Kier molecular flexibility index (Phi) is 21.8. The van der Waals surface area contributed by atoms with Crippen LogP contribution in [0.5, 0.6) is 0 Å². The molecule has 0 N–H and O–H groups in total. The standard InChI is InChI=1S/3C12H22O5.Al/c3*1-6-12(16-8(2)3,17-9(4)5)10(13)7-11(14)15;/h3*8-9H,6-7H2,1-5H3,(H,14,15);/q;;;+3/p-3. The van der Waals surface area contributed by atoms with Crippen LogP contribution >= 0.6 is 0 Å². The lowest BCUT2D eigenvalue weighted by molar-refractivity contribution is -0.256. The maximum absolute atomic E-state index is 13.4. The average molecular weight is 763 g/mol. The number of rotatable bonds is 27. The van der Waals surface area contributed by atoms with Gasteiger partial charge in [-0.3, -0.25) is 28.8 Å². The molecule has 0 bridgehead atoms. The third kappa shape index (κ3) is 16.8. The van der Waals surface area contributed by atoms with Gasteiger partial charge in [0.05, 0.1) is 36.6 Å². The van der Waals surface area contributed by atoms with Crippen LogP contribution in [0.1, 0.15) is 142 Å². The van der Waals surface area contributed by atoms with Gasteiger partial charge < -0.3 is 39.8 Å². The summed E-state index contributed by atoms with van der Waals surface area (Å²) in [5.74, 6) is -11.4. The number of Topliss-reactive ketones (excluding diaryl/α,β-unsaturated/α-hetero) is 3. The van der Waals surface area contributed by atoms with Crippen molar-refractivity contribution >= 4 is 50.4 Å². The van der Waals surface area contributed by atoms with Crippen molar-refractivity contribution in [1.82, 2.24) is 0 Å². The van der Waals surface area contributed by atoms with Crippen molar-refractivity contribution in [2.45, 2.75) is 196 Å². The van der Waals surface area contributed by atoms with Gasteiger partial charge in [0.15, 0.2) is 0 Å². The molecule has 16 heteroatoms. The first-order chi connectivity index (χ1) is 23.9. The van der Waals surface area contributed by atoms with E-state index in [0.717, 1.165) is 0 Å². The first kappa shape index (κ1) is 49.7. The first-order valence-electron chi connectivity index (χ1n) is 18.2. The van der Waals surface area contributed by atoms with Crippen LogP contribution in [0.2, 0.25) is 0 Å². The molecule has 0 aromatic rings. The SMILES string of the molecule is CCC(OC(C)C)(OC(C)C)C(=O)CC(=O)[O][Al]([O]C(=O)CC(=O)C(CC)(OC(C)C)OC(C)C)[O]C(=O)CC(=O)C(CC)(OC(C)C)OC(C)C. The summed E-state index contributed by atoms with van der Waals surface area (Å²) in [4.78, 5) is 79.9. The van der Waals surface area contributed by atoms with Crippen LogP contribution in [0.4, 0.5) is 0 Å². The molecule has 0 aliphatic rings. The molecule has 0 aromatic carbocycles. The molecule has 15 nitrogen and oxygen atoms in total. The van der Waals surface area contributed by atoms with E-state index in [0.29, 0.717) is 0 Å². The molecule has 0 spiro atoms. The van der Waals surface area contributed by atoms with Crippen molar-refractivity contribution in [3.63, 3.8) is 0 Å². The molecule has 0 aliphatic heterocycles. The van der Waals surface area contributed by atoms with Crippen LogP contribution in [0.25, 0.3) is 0 Å². The van der Waals surface area contributed by atoms with Gasteiger partial charge in [0.2, 0.25) is 34.7 Å². The largest absolute Gasteiger partial charge is 1.20 e. The number of ketones is 3. The highest BCUT2D eigenvalue weighted by atomic mass is 27.3. The molecular weight excluding hydrogens is 699 g/mol. The zero-order chi connectivity index (χ0) is 40.6. The number of hydrogen-bond acceptors (Lipinski definition) is 15. The Bertz CT molecular complexity index is 1010. The fourth-order valence-electron chi connectivity index (χ4n) is 5.17. The minimum Gasteiger partial charge on any atom is -0.550 e. The maximum Gasteiger partial charge on any atom is 1.20 e. The van der Waals surface area contributed by atoms with Crippen LogP contribution in [0.15, 0.2) is 0 Å². The Morgan fingerprint density at radius 2 is 0.558 bits per heavy atom. The Morgan fingerprint density at radius 3 is 0.692 bits per heavy atom. The molecule has 0 saturated carbocycles. The van der Waals surface area contributed by atoms with E-state index >= 15 is 0 Å². The zero-order valence-corrected chi connectivity index (χ0v) is 35.1. The van der Waals surface area contributed by atoms with E-state index in [1.807, 2.05) is 0 Å². The van der Waals surface area contributed by atoms with E-state index in [-0.39, 0.29) is 19.3 Å². The second-order valence-corrected chi connectivity index (χ2v) is 15.2. The van der Waals surface area contributed by atoms with Crippen LogP contribution in [-0.4, -0.2) is 104 Å². The van der Waals surface area contributed by atoms with Gasteiger partial charge in [0.25, 0.3) is 17.9 Å². The summed E-state index contributed by atoms with van der Waals surface area (Å²) in [7, 11) is 0.